The number of amides is 3. The zero-order chi connectivity index (χ0) is 15.2. The zero-order valence-corrected chi connectivity index (χ0v) is 12.1. The van der Waals surface area contributed by atoms with Crippen LogP contribution in [0.1, 0.15) is 32.1 Å². The summed E-state index contributed by atoms with van der Waals surface area (Å²) in [4.78, 5) is 35.8. The molecular weight excluding hydrogens is 274 g/mol. The van der Waals surface area contributed by atoms with Crippen LogP contribution in [-0.2, 0) is 9.59 Å². The SMILES string of the molecule is O=C(O)CC1CCCN(C(=O)NCCNC(=O)C2CC2)C1. The van der Waals surface area contributed by atoms with Gasteiger partial charge in [-0.05, 0) is 31.6 Å². The molecule has 21 heavy (non-hydrogen) atoms. The fraction of sp³-hybridized carbons (Fsp3) is 0.786. The molecule has 7 heteroatoms. The second-order valence-electron chi connectivity index (χ2n) is 5.85. The van der Waals surface area contributed by atoms with Crippen LogP contribution in [-0.4, -0.2) is 54.1 Å². The molecule has 2 aliphatic rings. The molecule has 3 amide bonds. The zero-order valence-electron chi connectivity index (χ0n) is 12.1. The number of rotatable bonds is 6. The maximum Gasteiger partial charge on any atom is 0.317 e. The first-order valence-corrected chi connectivity index (χ1v) is 7.58. The van der Waals surface area contributed by atoms with Crippen molar-refractivity contribution in [1.29, 1.82) is 0 Å². The quantitative estimate of drug-likeness (QED) is 0.618. The lowest BCUT2D eigenvalue weighted by Gasteiger charge is -2.32. The number of aliphatic carboxylic acids is 1. The summed E-state index contributed by atoms with van der Waals surface area (Å²) in [6, 6.07) is -0.175. The molecule has 3 N–H and O–H groups in total. The third kappa shape index (κ3) is 5.24. The second-order valence-corrected chi connectivity index (χ2v) is 5.85. The van der Waals surface area contributed by atoms with Gasteiger partial charge in [0.25, 0.3) is 0 Å². The summed E-state index contributed by atoms with van der Waals surface area (Å²) in [7, 11) is 0. The standard InChI is InChI=1S/C14H23N3O4/c18-12(19)8-10-2-1-7-17(9-10)14(21)16-6-5-15-13(20)11-3-4-11/h10-11H,1-9H2,(H,15,20)(H,16,21)(H,18,19). The Hall–Kier alpha value is -1.79. The minimum Gasteiger partial charge on any atom is -0.481 e. The molecule has 7 nitrogen and oxygen atoms in total. The Labute approximate surface area is 124 Å². The molecule has 0 aromatic heterocycles. The van der Waals surface area contributed by atoms with E-state index in [2.05, 4.69) is 10.6 Å². The van der Waals surface area contributed by atoms with Crippen LogP contribution >= 0.6 is 0 Å². The van der Waals surface area contributed by atoms with Crippen molar-refractivity contribution in [2.24, 2.45) is 11.8 Å². The van der Waals surface area contributed by atoms with Gasteiger partial charge in [-0.15, -0.1) is 0 Å². The number of nitrogens with zero attached hydrogens (tertiary/aromatic N) is 1. The predicted octanol–water partition coefficient (Wildman–Crippen LogP) is 0.409. The number of hydrogen-bond donors (Lipinski definition) is 3. The van der Waals surface area contributed by atoms with E-state index in [4.69, 9.17) is 5.11 Å². The maximum absolute atomic E-state index is 12.0. The average molecular weight is 297 g/mol. The Morgan fingerprint density at radius 1 is 1.10 bits per heavy atom. The molecule has 1 saturated carbocycles. The van der Waals surface area contributed by atoms with Gasteiger partial charge in [0.05, 0.1) is 0 Å². The lowest BCUT2D eigenvalue weighted by molar-refractivity contribution is -0.138. The number of carboxylic acid groups (broad SMARTS) is 1. The number of carbonyl (C=O) groups excluding carboxylic acids is 2. The Balaban J connectivity index is 1.62. The minimum atomic E-state index is -0.815. The van der Waals surface area contributed by atoms with Gasteiger partial charge in [0, 0.05) is 38.5 Å². The van der Waals surface area contributed by atoms with E-state index >= 15 is 0 Å². The molecule has 118 valence electrons. The first kappa shape index (κ1) is 15.6. The van der Waals surface area contributed by atoms with Gasteiger partial charge in [-0.2, -0.15) is 0 Å². The molecule has 1 heterocycles. The number of nitrogens with one attached hydrogen (secondary N) is 2. The topological polar surface area (TPSA) is 98.7 Å². The van der Waals surface area contributed by atoms with Gasteiger partial charge in [-0.25, -0.2) is 4.79 Å². The summed E-state index contributed by atoms with van der Waals surface area (Å²) >= 11 is 0. The summed E-state index contributed by atoms with van der Waals surface area (Å²) in [5.41, 5.74) is 0. The summed E-state index contributed by atoms with van der Waals surface area (Å²) in [6.07, 6.45) is 3.74. The van der Waals surface area contributed by atoms with Crippen molar-refractivity contribution < 1.29 is 19.5 Å². The molecule has 1 saturated heterocycles. The van der Waals surface area contributed by atoms with E-state index in [9.17, 15) is 14.4 Å². The number of likely N-dealkylation sites (tertiary alicyclic amines) is 1. The fourth-order valence-corrected chi connectivity index (χ4v) is 2.62. The highest BCUT2D eigenvalue weighted by Gasteiger charge is 2.29. The van der Waals surface area contributed by atoms with Gasteiger partial charge < -0.3 is 20.6 Å². The Bertz CT molecular complexity index is 409. The van der Waals surface area contributed by atoms with Crippen LogP contribution in [0.5, 0.6) is 0 Å². The molecule has 0 aromatic carbocycles. The molecule has 0 spiro atoms. The van der Waals surface area contributed by atoms with Crippen LogP contribution < -0.4 is 10.6 Å². The van der Waals surface area contributed by atoms with Gasteiger partial charge in [-0.1, -0.05) is 0 Å². The van der Waals surface area contributed by atoms with E-state index in [1.165, 1.54) is 0 Å². The number of carbonyl (C=O) groups is 3. The highest BCUT2D eigenvalue weighted by atomic mass is 16.4. The summed E-state index contributed by atoms with van der Waals surface area (Å²) in [5.74, 6) is -0.523. The predicted molar refractivity (Wildman–Crippen MR) is 75.7 cm³/mol. The Kier molecular flexibility index (Phi) is 5.41. The molecular formula is C14H23N3O4. The van der Waals surface area contributed by atoms with Gasteiger partial charge >= 0.3 is 12.0 Å². The third-order valence-corrected chi connectivity index (χ3v) is 3.92. The molecule has 2 fully saturated rings. The Morgan fingerprint density at radius 2 is 1.81 bits per heavy atom. The molecule has 1 atom stereocenters. The molecule has 1 aliphatic carbocycles. The van der Waals surface area contributed by atoms with Gasteiger partial charge in [0.1, 0.15) is 0 Å². The minimum absolute atomic E-state index is 0.0385. The molecule has 1 unspecified atom stereocenters. The summed E-state index contributed by atoms with van der Waals surface area (Å²) < 4.78 is 0. The van der Waals surface area contributed by atoms with Crippen molar-refractivity contribution in [3.05, 3.63) is 0 Å². The van der Waals surface area contributed by atoms with Crippen molar-refractivity contribution in [2.45, 2.75) is 32.1 Å². The van der Waals surface area contributed by atoms with E-state index in [0.29, 0.717) is 26.2 Å². The Morgan fingerprint density at radius 3 is 2.48 bits per heavy atom. The van der Waals surface area contributed by atoms with Crippen LogP contribution in [0.25, 0.3) is 0 Å². The van der Waals surface area contributed by atoms with Crippen LogP contribution in [0, 0.1) is 11.8 Å². The molecule has 0 aromatic rings. The van der Waals surface area contributed by atoms with E-state index < -0.39 is 5.97 Å². The van der Waals surface area contributed by atoms with Gasteiger partial charge in [0.15, 0.2) is 0 Å². The van der Waals surface area contributed by atoms with E-state index in [-0.39, 0.29) is 30.2 Å². The van der Waals surface area contributed by atoms with Gasteiger partial charge in [0.2, 0.25) is 5.91 Å². The van der Waals surface area contributed by atoms with Crippen LogP contribution in [0.4, 0.5) is 4.79 Å². The summed E-state index contributed by atoms with van der Waals surface area (Å²) in [6.45, 7) is 1.99. The lowest BCUT2D eigenvalue weighted by atomic mass is 9.95. The normalized spacial score (nSPS) is 21.7. The average Bonchev–Trinajstić information content (AvgIpc) is 3.27. The monoisotopic (exact) mass is 297 g/mol. The van der Waals surface area contributed by atoms with Crippen molar-refractivity contribution in [3.63, 3.8) is 0 Å². The number of hydrogen-bond acceptors (Lipinski definition) is 3. The summed E-state index contributed by atoms with van der Waals surface area (Å²) in [5, 5.41) is 14.4. The first-order valence-electron chi connectivity index (χ1n) is 7.58. The number of urea groups is 1. The van der Waals surface area contributed by atoms with Crippen LogP contribution in [0.2, 0.25) is 0 Å². The molecule has 2 rings (SSSR count). The largest absolute Gasteiger partial charge is 0.481 e. The van der Waals surface area contributed by atoms with Crippen molar-refractivity contribution in [3.8, 4) is 0 Å². The maximum atomic E-state index is 12.0. The first-order chi connectivity index (χ1) is 10.1. The van der Waals surface area contributed by atoms with E-state index in [1.54, 1.807) is 4.90 Å². The van der Waals surface area contributed by atoms with Crippen LogP contribution in [0.3, 0.4) is 0 Å². The van der Waals surface area contributed by atoms with Crippen molar-refractivity contribution in [2.75, 3.05) is 26.2 Å². The van der Waals surface area contributed by atoms with Crippen molar-refractivity contribution in [1.82, 2.24) is 15.5 Å². The van der Waals surface area contributed by atoms with E-state index in [1.807, 2.05) is 0 Å². The second kappa shape index (κ2) is 7.28. The van der Waals surface area contributed by atoms with Crippen LogP contribution in [0.15, 0.2) is 0 Å². The highest BCUT2D eigenvalue weighted by molar-refractivity contribution is 5.81. The lowest BCUT2D eigenvalue weighted by Crippen LogP contribution is -2.47. The van der Waals surface area contributed by atoms with Gasteiger partial charge in [-0.3, -0.25) is 9.59 Å². The smallest absolute Gasteiger partial charge is 0.317 e. The number of piperidine rings is 1. The number of carboxylic acids is 1. The highest BCUT2D eigenvalue weighted by Crippen LogP contribution is 2.28. The third-order valence-electron chi connectivity index (χ3n) is 3.92. The fourth-order valence-electron chi connectivity index (χ4n) is 2.62. The van der Waals surface area contributed by atoms with Crippen molar-refractivity contribution >= 4 is 17.9 Å². The molecule has 1 aliphatic heterocycles. The molecule has 0 bridgehead atoms. The van der Waals surface area contributed by atoms with E-state index in [0.717, 1.165) is 25.7 Å². The molecule has 0 radical (unpaired) electrons.